The lowest BCUT2D eigenvalue weighted by atomic mass is 10.0. The van der Waals surface area contributed by atoms with Crippen LogP contribution in [-0.2, 0) is 9.84 Å². The molecule has 2 rings (SSSR count). The largest absolute Gasteiger partial charge is 0.478 e. The Hall–Kier alpha value is -2.49. The van der Waals surface area contributed by atoms with Crippen LogP contribution in [0.2, 0.25) is 0 Å². The van der Waals surface area contributed by atoms with Gasteiger partial charge in [0.25, 0.3) is 11.6 Å². The third-order valence-corrected chi connectivity index (χ3v) is 5.46. The zero-order valence-electron chi connectivity index (χ0n) is 12.1. The number of amides is 1. The van der Waals surface area contributed by atoms with E-state index >= 15 is 0 Å². The Labute approximate surface area is 131 Å². The summed E-state index contributed by atoms with van der Waals surface area (Å²) in [6.45, 7) is 1.56. The average molecular weight is 342 g/mol. The normalized spacial score (nSPS) is 22.5. The minimum absolute atomic E-state index is 0.0565. The number of hydrogen-bond donors (Lipinski definition) is 2. The third kappa shape index (κ3) is 3.83. The van der Waals surface area contributed by atoms with E-state index in [2.05, 4.69) is 5.32 Å². The van der Waals surface area contributed by atoms with E-state index in [1.807, 2.05) is 0 Å². The number of rotatable bonds is 4. The molecular formula is C13H14N2O7S. The van der Waals surface area contributed by atoms with Crippen LogP contribution in [-0.4, -0.2) is 47.4 Å². The van der Waals surface area contributed by atoms with Gasteiger partial charge >= 0.3 is 5.97 Å². The minimum Gasteiger partial charge on any atom is -0.478 e. The number of aromatic carboxylic acids is 1. The molecular weight excluding hydrogens is 328 g/mol. The van der Waals surface area contributed by atoms with Crippen LogP contribution in [0.3, 0.4) is 0 Å². The molecule has 1 amide bonds. The summed E-state index contributed by atoms with van der Waals surface area (Å²) in [6.07, 6.45) is 0.224. The summed E-state index contributed by atoms with van der Waals surface area (Å²) >= 11 is 0. The molecule has 0 spiro atoms. The van der Waals surface area contributed by atoms with E-state index in [-0.39, 0.29) is 23.5 Å². The van der Waals surface area contributed by atoms with Crippen LogP contribution in [0.5, 0.6) is 0 Å². The first kappa shape index (κ1) is 16.9. The molecule has 1 saturated heterocycles. The molecule has 1 unspecified atom stereocenters. The van der Waals surface area contributed by atoms with E-state index in [1.54, 1.807) is 6.92 Å². The van der Waals surface area contributed by atoms with Gasteiger partial charge in [0.15, 0.2) is 9.84 Å². The van der Waals surface area contributed by atoms with Crippen LogP contribution < -0.4 is 5.32 Å². The number of carbonyl (C=O) groups is 2. The molecule has 124 valence electrons. The van der Waals surface area contributed by atoms with Crippen LogP contribution in [0.4, 0.5) is 5.69 Å². The Bertz CT molecular complexity index is 770. The van der Waals surface area contributed by atoms with Crippen LogP contribution >= 0.6 is 0 Å². The topological polar surface area (TPSA) is 144 Å². The predicted octanol–water partition coefficient (Wildman–Crippen LogP) is 0.600. The molecule has 23 heavy (non-hydrogen) atoms. The molecule has 0 radical (unpaired) electrons. The van der Waals surface area contributed by atoms with Gasteiger partial charge in [0.05, 0.1) is 27.5 Å². The van der Waals surface area contributed by atoms with Crippen LogP contribution in [0.25, 0.3) is 0 Å². The number of carbonyl (C=O) groups excluding carboxylic acids is 1. The molecule has 1 aliphatic rings. The van der Waals surface area contributed by atoms with Crippen molar-refractivity contribution >= 4 is 27.4 Å². The second-order valence-electron chi connectivity index (χ2n) is 5.69. The Kier molecular flexibility index (Phi) is 4.12. The SMILES string of the molecule is CC1(NC(=O)c2cc(C(=O)O)cc([N+](=O)[O-])c2)CCS(=O)(=O)C1. The molecule has 1 aliphatic heterocycles. The van der Waals surface area contributed by atoms with E-state index in [0.29, 0.717) is 0 Å². The third-order valence-electron chi connectivity index (χ3n) is 3.56. The van der Waals surface area contributed by atoms with Gasteiger partial charge in [-0.15, -0.1) is 0 Å². The van der Waals surface area contributed by atoms with Crippen molar-refractivity contribution in [3.05, 3.63) is 39.4 Å². The number of hydrogen-bond acceptors (Lipinski definition) is 6. The van der Waals surface area contributed by atoms with Crippen molar-refractivity contribution in [3.63, 3.8) is 0 Å². The number of benzene rings is 1. The highest BCUT2D eigenvalue weighted by atomic mass is 32.2. The second-order valence-corrected chi connectivity index (χ2v) is 7.87. The number of nitrogens with zero attached hydrogens (tertiary/aromatic N) is 1. The fourth-order valence-corrected chi connectivity index (χ4v) is 4.52. The van der Waals surface area contributed by atoms with Gasteiger partial charge in [-0.1, -0.05) is 0 Å². The van der Waals surface area contributed by atoms with Gasteiger partial charge in [0, 0.05) is 17.7 Å². The van der Waals surface area contributed by atoms with Gasteiger partial charge in [0.1, 0.15) is 0 Å². The Morgan fingerprint density at radius 1 is 1.30 bits per heavy atom. The lowest BCUT2D eigenvalue weighted by molar-refractivity contribution is -0.384. The van der Waals surface area contributed by atoms with Gasteiger partial charge < -0.3 is 10.4 Å². The summed E-state index contributed by atoms with van der Waals surface area (Å²) in [4.78, 5) is 33.3. The number of nitro benzene ring substituents is 1. The number of sulfone groups is 1. The van der Waals surface area contributed by atoms with Crippen molar-refractivity contribution in [2.45, 2.75) is 18.9 Å². The van der Waals surface area contributed by atoms with Crippen molar-refractivity contribution in [2.24, 2.45) is 0 Å². The Morgan fingerprint density at radius 2 is 1.91 bits per heavy atom. The molecule has 1 atom stereocenters. The zero-order valence-corrected chi connectivity index (χ0v) is 12.9. The minimum atomic E-state index is -3.24. The molecule has 0 aliphatic carbocycles. The second kappa shape index (κ2) is 5.61. The summed E-state index contributed by atoms with van der Waals surface area (Å²) < 4.78 is 23.1. The highest BCUT2D eigenvalue weighted by molar-refractivity contribution is 7.91. The molecule has 1 fully saturated rings. The highest BCUT2D eigenvalue weighted by Crippen LogP contribution is 2.24. The molecule has 1 heterocycles. The van der Waals surface area contributed by atoms with Crippen molar-refractivity contribution in [3.8, 4) is 0 Å². The fourth-order valence-electron chi connectivity index (χ4n) is 2.43. The van der Waals surface area contributed by atoms with Crippen molar-refractivity contribution in [1.29, 1.82) is 0 Å². The summed E-state index contributed by atoms with van der Waals surface area (Å²) in [5.41, 5.74) is -2.11. The molecule has 2 N–H and O–H groups in total. The van der Waals surface area contributed by atoms with Gasteiger partial charge in [-0.05, 0) is 19.4 Å². The van der Waals surface area contributed by atoms with E-state index in [9.17, 15) is 28.1 Å². The first-order chi connectivity index (χ1) is 10.5. The highest BCUT2D eigenvalue weighted by Gasteiger charge is 2.39. The summed E-state index contributed by atoms with van der Waals surface area (Å²) in [7, 11) is -3.24. The maximum Gasteiger partial charge on any atom is 0.335 e. The maximum atomic E-state index is 12.2. The van der Waals surface area contributed by atoms with Crippen molar-refractivity contribution in [2.75, 3.05) is 11.5 Å². The number of non-ortho nitro benzene ring substituents is 1. The number of carboxylic acid groups (broad SMARTS) is 1. The Morgan fingerprint density at radius 3 is 2.39 bits per heavy atom. The van der Waals surface area contributed by atoms with E-state index < -0.39 is 43.4 Å². The average Bonchev–Trinajstić information content (AvgIpc) is 2.71. The molecule has 10 heteroatoms. The number of nitrogens with one attached hydrogen (secondary N) is 1. The number of carboxylic acids is 1. The predicted molar refractivity (Wildman–Crippen MR) is 79.2 cm³/mol. The van der Waals surface area contributed by atoms with E-state index in [1.165, 1.54) is 0 Å². The van der Waals surface area contributed by atoms with Gasteiger partial charge in [-0.2, -0.15) is 0 Å². The molecule has 1 aromatic carbocycles. The van der Waals surface area contributed by atoms with Crippen molar-refractivity contribution < 1.29 is 28.0 Å². The quantitative estimate of drug-likeness (QED) is 0.602. The summed E-state index contributed by atoms with van der Waals surface area (Å²) in [5.74, 6) is -2.45. The molecule has 9 nitrogen and oxygen atoms in total. The molecule has 0 aromatic heterocycles. The zero-order chi connectivity index (χ0) is 17.4. The van der Waals surface area contributed by atoms with Gasteiger partial charge in [0.2, 0.25) is 0 Å². The van der Waals surface area contributed by atoms with Crippen LogP contribution in [0, 0.1) is 10.1 Å². The Balaban J connectivity index is 2.32. The van der Waals surface area contributed by atoms with Crippen LogP contribution in [0.1, 0.15) is 34.1 Å². The molecule has 1 aromatic rings. The van der Waals surface area contributed by atoms with Gasteiger partial charge in [-0.25, -0.2) is 13.2 Å². The van der Waals surface area contributed by atoms with E-state index in [4.69, 9.17) is 5.11 Å². The van der Waals surface area contributed by atoms with Gasteiger partial charge in [-0.3, -0.25) is 14.9 Å². The summed E-state index contributed by atoms with van der Waals surface area (Å²) in [5, 5.41) is 22.3. The fraction of sp³-hybridized carbons (Fsp3) is 0.385. The van der Waals surface area contributed by atoms with Crippen molar-refractivity contribution in [1.82, 2.24) is 5.32 Å². The van der Waals surface area contributed by atoms with Crippen LogP contribution in [0.15, 0.2) is 18.2 Å². The monoisotopic (exact) mass is 342 g/mol. The number of nitro groups is 1. The molecule has 0 saturated carbocycles. The van der Waals surface area contributed by atoms with E-state index in [0.717, 1.165) is 18.2 Å². The first-order valence-electron chi connectivity index (χ1n) is 6.57. The maximum absolute atomic E-state index is 12.2. The first-order valence-corrected chi connectivity index (χ1v) is 8.39. The lowest BCUT2D eigenvalue weighted by Gasteiger charge is -2.23. The smallest absolute Gasteiger partial charge is 0.335 e. The standard InChI is InChI=1S/C13H14N2O7S/c1-13(2-3-23(21,22)7-13)14-11(16)8-4-9(12(17)18)6-10(5-8)15(19)20/h4-6H,2-3,7H2,1H3,(H,14,16)(H,17,18). The molecule has 0 bridgehead atoms. The summed E-state index contributed by atoms with van der Waals surface area (Å²) in [6, 6.07) is 2.81. The lowest BCUT2D eigenvalue weighted by Crippen LogP contribution is -2.46.